The van der Waals surface area contributed by atoms with Gasteiger partial charge in [-0.15, -0.1) is 0 Å². The molecule has 106 valence electrons. The minimum absolute atomic E-state index is 0.280. The van der Waals surface area contributed by atoms with E-state index >= 15 is 0 Å². The van der Waals surface area contributed by atoms with Gasteiger partial charge in [0.25, 0.3) is 0 Å². The van der Waals surface area contributed by atoms with Crippen molar-refractivity contribution in [3.05, 3.63) is 68.4 Å². The lowest BCUT2D eigenvalue weighted by Gasteiger charge is -2.18. The first-order chi connectivity index (χ1) is 9.38. The van der Waals surface area contributed by atoms with E-state index in [4.69, 9.17) is 0 Å². The van der Waals surface area contributed by atoms with E-state index in [1.165, 1.54) is 17.7 Å². The van der Waals surface area contributed by atoms with Crippen molar-refractivity contribution in [3.8, 4) is 0 Å². The lowest BCUT2D eigenvalue weighted by Crippen LogP contribution is -2.07. The topological polar surface area (TPSA) is 20.2 Å². The second-order valence-electron chi connectivity index (χ2n) is 5.27. The molecule has 0 saturated carbocycles. The van der Waals surface area contributed by atoms with Crippen LogP contribution in [0.4, 0.5) is 4.39 Å². The van der Waals surface area contributed by atoms with E-state index in [1.807, 2.05) is 20.8 Å². The van der Waals surface area contributed by atoms with Gasteiger partial charge in [0, 0.05) is 10.9 Å². The van der Waals surface area contributed by atoms with Gasteiger partial charge in [0.15, 0.2) is 0 Å². The fourth-order valence-corrected chi connectivity index (χ4v) is 3.23. The lowest BCUT2D eigenvalue weighted by molar-refractivity contribution is 0.176. The molecular formula is C17H18BrFO. The zero-order chi connectivity index (χ0) is 14.9. The van der Waals surface area contributed by atoms with Crippen molar-refractivity contribution in [3.63, 3.8) is 0 Å². The summed E-state index contributed by atoms with van der Waals surface area (Å²) in [6.07, 6.45) is -0.122. The highest BCUT2D eigenvalue weighted by molar-refractivity contribution is 9.10. The van der Waals surface area contributed by atoms with Gasteiger partial charge in [-0.3, -0.25) is 0 Å². The molecule has 0 radical (unpaired) electrons. The van der Waals surface area contributed by atoms with Crippen LogP contribution in [0.1, 0.15) is 33.9 Å². The van der Waals surface area contributed by atoms with Crippen molar-refractivity contribution >= 4 is 15.9 Å². The van der Waals surface area contributed by atoms with Crippen LogP contribution in [-0.2, 0) is 6.42 Å². The summed E-state index contributed by atoms with van der Waals surface area (Å²) in [5, 5.41) is 10.5. The molecule has 0 aliphatic carbocycles. The summed E-state index contributed by atoms with van der Waals surface area (Å²) in [5.41, 5.74) is 5.24. The number of aliphatic hydroxyl groups excluding tert-OH is 1. The first-order valence-electron chi connectivity index (χ1n) is 6.58. The smallest absolute Gasteiger partial charge is 0.124 e. The van der Waals surface area contributed by atoms with Gasteiger partial charge in [-0.2, -0.15) is 0 Å². The minimum Gasteiger partial charge on any atom is -0.388 e. The molecule has 0 aliphatic rings. The summed E-state index contributed by atoms with van der Waals surface area (Å²) in [7, 11) is 0. The highest BCUT2D eigenvalue weighted by Gasteiger charge is 2.16. The number of hydrogen-bond donors (Lipinski definition) is 1. The van der Waals surface area contributed by atoms with E-state index in [1.54, 1.807) is 6.07 Å². The second-order valence-corrected chi connectivity index (χ2v) is 6.12. The van der Waals surface area contributed by atoms with Gasteiger partial charge < -0.3 is 5.11 Å². The standard InChI is InChI=1S/C17H18BrFO/c1-10-6-11(2)17(12(3)7-10)16(20)8-13-4-5-14(19)9-15(13)18/h4-7,9,16,20H,8H2,1-3H3. The monoisotopic (exact) mass is 336 g/mol. The molecule has 2 aromatic carbocycles. The molecule has 2 aromatic rings. The molecular weight excluding hydrogens is 319 g/mol. The maximum absolute atomic E-state index is 13.1. The fraction of sp³-hybridized carbons (Fsp3) is 0.294. The fourth-order valence-electron chi connectivity index (χ4n) is 2.71. The first kappa shape index (κ1) is 15.2. The summed E-state index contributed by atoms with van der Waals surface area (Å²) in [5.74, 6) is -0.280. The molecule has 1 N–H and O–H groups in total. The van der Waals surface area contributed by atoms with Crippen LogP contribution in [0.2, 0.25) is 0 Å². The van der Waals surface area contributed by atoms with Crippen molar-refractivity contribution in [2.45, 2.75) is 33.3 Å². The van der Waals surface area contributed by atoms with Crippen LogP contribution in [-0.4, -0.2) is 5.11 Å². The summed E-state index contributed by atoms with van der Waals surface area (Å²) in [4.78, 5) is 0. The Bertz CT molecular complexity index is 614. The van der Waals surface area contributed by atoms with E-state index in [2.05, 4.69) is 28.1 Å². The van der Waals surface area contributed by atoms with Gasteiger partial charge in [0.2, 0.25) is 0 Å². The number of rotatable bonds is 3. The van der Waals surface area contributed by atoms with Crippen molar-refractivity contribution in [1.82, 2.24) is 0 Å². The Balaban J connectivity index is 2.31. The van der Waals surface area contributed by atoms with E-state index in [9.17, 15) is 9.50 Å². The molecule has 20 heavy (non-hydrogen) atoms. The average molecular weight is 337 g/mol. The van der Waals surface area contributed by atoms with E-state index in [0.29, 0.717) is 10.9 Å². The Kier molecular flexibility index (Phi) is 4.61. The SMILES string of the molecule is Cc1cc(C)c(C(O)Cc2ccc(F)cc2Br)c(C)c1. The number of benzene rings is 2. The van der Waals surface area contributed by atoms with Gasteiger partial charge in [-0.05, 0) is 55.2 Å². The molecule has 2 rings (SSSR count). The Hall–Kier alpha value is -1.19. The Morgan fingerprint density at radius 1 is 1.10 bits per heavy atom. The normalized spacial score (nSPS) is 12.5. The van der Waals surface area contributed by atoms with Crippen LogP contribution in [0.25, 0.3) is 0 Å². The van der Waals surface area contributed by atoms with Crippen LogP contribution >= 0.6 is 15.9 Å². The highest BCUT2D eigenvalue weighted by Crippen LogP contribution is 2.29. The highest BCUT2D eigenvalue weighted by atomic mass is 79.9. The second kappa shape index (κ2) is 6.06. The largest absolute Gasteiger partial charge is 0.388 e. The van der Waals surface area contributed by atoms with Gasteiger partial charge in [-0.1, -0.05) is 39.7 Å². The summed E-state index contributed by atoms with van der Waals surface area (Å²) < 4.78 is 13.8. The molecule has 0 fully saturated rings. The van der Waals surface area contributed by atoms with Gasteiger partial charge in [-0.25, -0.2) is 4.39 Å². The van der Waals surface area contributed by atoms with E-state index in [-0.39, 0.29) is 5.82 Å². The average Bonchev–Trinajstić information content (AvgIpc) is 2.31. The molecule has 0 amide bonds. The molecule has 1 unspecified atom stereocenters. The molecule has 0 spiro atoms. The molecule has 0 aromatic heterocycles. The summed E-state index contributed by atoms with van der Waals surface area (Å²) >= 11 is 3.35. The molecule has 0 bridgehead atoms. The zero-order valence-corrected chi connectivity index (χ0v) is 13.5. The Labute approximate surface area is 127 Å². The Morgan fingerprint density at radius 3 is 2.25 bits per heavy atom. The minimum atomic E-state index is -0.586. The molecule has 0 aliphatic heterocycles. The van der Waals surface area contributed by atoms with Gasteiger partial charge in [0.1, 0.15) is 5.82 Å². The Morgan fingerprint density at radius 2 is 1.70 bits per heavy atom. The van der Waals surface area contributed by atoms with Gasteiger partial charge >= 0.3 is 0 Å². The quantitative estimate of drug-likeness (QED) is 0.854. The first-order valence-corrected chi connectivity index (χ1v) is 7.37. The predicted octanol–water partition coefficient (Wildman–Crippen LogP) is 4.79. The third-order valence-corrected chi connectivity index (χ3v) is 4.24. The van der Waals surface area contributed by atoms with E-state index < -0.39 is 6.10 Å². The summed E-state index contributed by atoms with van der Waals surface area (Å²) in [6.45, 7) is 6.07. The van der Waals surface area contributed by atoms with Crippen LogP contribution in [0, 0.1) is 26.6 Å². The molecule has 3 heteroatoms. The van der Waals surface area contributed by atoms with Crippen molar-refractivity contribution in [2.24, 2.45) is 0 Å². The number of aryl methyl sites for hydroxylation is 3. The maximum Gasteiger partial charge on any atom is 0.124 e. The van der Waals surface area contributed by atoms with Crippen LogP contribution in [0.3, 0.4) is 0 Å². The van der Waals surface area contributed by atoms with Crippen LogP contribution < -0.4 is 0 Å². The molecule has 1 nitrogen and oxygen atoms in total. The van der Waals surface area contributed by atoms with Crippen molar-refractivity contribution in [1.29, 1.82) is 0 Å². The summed E-state index contributed by atoms with van der Waals surface area (Å²) in [6, 6.07) is 8.70. The zero-order valence-electron chi connectivity index (χ0n) is 11.9. The number of halogens is 2. The van der Waals surface area contributed by atoms with Crippen LogP contribution in [0.15, 0.2) is 34.8 Å². The van der Waals surface area contributed by atoms with E-state index in [0.717, 1.165) is 22.3 Å². The lowest BCUT2D eigenvalue weighted by atomic mass is 9.92. The maximum atomic E-state index is 13.1. The molecule has 0 heterocycles. The van der Waals surface area contributed by atoms with Crippen molar-refractivity contribution in [2.75, 3.05) is 0 Å². The predicted molar refractivity (Wildman–Crippen MR) is 83.4 cm³/mol. The van der Waals surface area contributed by atoms with Crippen LogP contribution in [0.5, 0.6) is 0 Å². The van der Waals surface area contributed by atoms with Gasteiger partial charge in [0.05, 0.1) is 6.10 Å². The third kappa shape index (κ3) is 3.28. The number of aliphatic hydroxyl groups is 1. The number of hydrogen-bond acceptors (Lipinski definition) is 1. The van der Waals surface area contributed by atoms with Crippen molar-refractivity contribution < 1.29 is 9.50 Å². The third-order valence-electron chi connectivity index (χ3n) is 3.50. The molecule has 0 saturated heterocycles. The molecule has 1 atom stereocenters.